The molecule has 1 aliphatic heterocycles. The Hall–Kier alpha value is -2.19. The number of rotatable bonds is 6. The topological polar surface area (TPSA) is 76.9 Å². The zero-order valence-corrected chi connectivity index (χ0v) is 16.7. The Morgan fingerprint density at radius 2 is 2.00 bits per heavy atom. The van der Waals surface area contributed by atoms with Gasteiger partial charge in [-0.3, -0.25) is 0 Å². The van der Waals surface area contributed by atoms with Crippen molar-refractivity contribution in [3.8, 4) is 5.75 Å². The van der Waals surface area contributed by atoms with E-state index >= 15 is 0 Å². The second kappa shape index (κ2) is 7.57. The van der Waals surface area contributed by atoms with Crippen LogP contribution in [0.1, 0.15) is 25.8 Å². The lowest BCUT2D eigenvalue weighted by Gasteiger charge is -2.39. The summed E-state index contributed by atoms with van der Waals surface area (Å²) in [5.41, 5.74) is -0.523. The van der Waals surface area contributed by atoms with Crippen molar-refractivity contribution in [2.45, 2.75) is 43.5 Å². The fraction of sp³-hybridized carbons (Fsp3) is 0.450. The van der Waals surface area contributed by atoms with Gasteiger partial charge in [0.05, 0.1) is 18.5 Å². The predicted molar refractivity (Wildman–Crippen MR) is 106 cm³/mol. The highest BCUT2D eigenvalue weighted by Crippen LogP contribution is 2.43. The molecule has 29 heavy (non-hydrogen) atoms. The maximum absolute atomic E-state index is 13.9. The number of hydrazone groups is 1. The molecule has 1 aromatic carbocycles. The number of halogens is 4. The largest absolute Gasteiger partial charge is 0.508 e. The molecule has 0 saturated heterocycles. The van der Waals surface area contributed by atoms with Crippen LogP contribution >= 0.6 is 11.6 Å². The zero-order chi connectivity index (χ0) is 21.4. The molecule has 0 fully saturated rings. The number of fused-ring (bicyclic) bond motifs is 1. The summed E-state index contributed by atoms with van der Waals surface area (Å²) < 4.78 is 41.7. The maximum atomic E-state index is 13.9. The average molecular weight is 430 g/mol. The van der Waals surface area contributed by atoms with Gasteiger partial charge in [0.2, 0.25) is 0 Å². The lowest BCUT2D eigenvalue weighted by molar-refractivity contribution is -0.264. The summed E-state index contributed by atoms with van der Waals surface area (Å²) in [6, 6.07) is 4.12. The van der Waals surface area contributed by atoms with Crippen LogP contribution in [0.4, 0.5) is 13.2 Å². The van der Waals surface area contributed by atoms with Crippen LogP contribution in [0.3, 0.4) is 0 Å². The third kappa shape index (κ3) is 4.38. The minimum atomic E-state index is -4.88. The Labute approximate surface area is 172 Å². The number of alkyl halides is 3. The van der Waals surface area contributed by atoms with Gasteiger partial charge in [-0.05, 0) is 35.6 Å². The van der Waals surface area contributed by atoms with Crippen LogP contribution in [0, 0.1) is 5.92 Å². The second-order valence-electron chi connectivity index (χ2n) is 8.07. The molecule has 0 saturated carbocycles. The quantitative estimate of drug-likeness (QED) is 0.557. The van der Waals surface area contributed by atoms with Crippen LogP contribution in [0.25, 0.3) is 0 Å². The highest BCUT2D eigenvalue weighted by atomic mass is 35.5. The standard InChI is InChI=1S/C20H23ClF3N3O2/c1-18(2,14-7-6-12(21)8-17(14)28)10-19(29,20(22,23)24)11-25-15-4-3-5-16-13(15)9-26-27-16/h3-9,13,16,25,27-29H,10-11H2,1-2H3. The van der Waals surface area contributed by atoms with Gasteiger partial charge in [-0.15, -0.1) is 0 Å². The molecule has 0 spiro atoms. The van der Waals surface area contributed by atoms with Crippen LogP contribution < -0.4 is 10.7 Å². The maximum Gasteiger partial charge on any atom is 0.418 e. The SMILES string of the molecule is CC(C)(CC(O)(CNC1=CC=CC2NN=CC12)C(F)(F)F)c1ccc(Cl)cc1O. The number of nitrogens with zero attached hydrogens (tertiary/aromatic N) is 1. The monoisotopic (exact) mass is 429 g/mol. The van der Waals surface area contributed by atoms with E-state index in [-0.39, 0.29) is 28.3 Å². The Kier molecular flexibility index (Phi) is 5.62. The molecule has 5 nitrogen and oxygen atoms in total. The summed E-state index contributed by atoms with van der Waals surface area (Å²) in [5, 5.41) is 27.8. The highest BCUT2D eigenvalue weighted by Gasteiger charge is 2.56. The molecule has 3 atom stereocenters. The number of aliphatic hydroxyl groups is 1. The first-order valence-electron chi connectivity index (χ1n) is 9.12. The van der Waals surface area contributed by atoms with Gasteiger partial charge in [-0.25, -0.2) is 0 Å². The number of hydrogen-bond donors (Lipinski definition) is 4. The molecule has 3 rings (SSSR count). The third-order valence-electron chi connectivity index (χ3n) is 5.33. The Morgan fingerprint density at radius 3 is 2.66 bits per heavy atom. The molecule has 1 aliphatic carbocycles. The first-order valence-corrected chi connectivity index (χ1v) is 9.50. The molecule has 2 aliphatic rings. The van der Waals surface area contributed by atoms with Crippen molar-refractivity contribution in [2.75, 3.05) is 6.54 Å². The van der Waals surface area contributed by atoms with Gasteiger partial charge in [0.15, 0.2) is 5.60 Å². The van der Waals surface area contributed by atoms with E-state index in [2.05, 4.69) is 15.8 Å². The lowest BCUT2D eigenvalue weighted by atomic mass is 9.74. The summed E-state index contributed by atoms with van der Waals surface area (Å²) in [6.45, 7) is 2.35. The summed E-state index contributed by atoms with van der Waals surface area (Å²) in [7, 11) is 0. The molecule has 4 N–H and O–H groups in total. The number of aromatic hydroxyl groups is 1. The Morgan fingerprint density at radius 1 is 1.28 bits per heavy atom. The Balaban J connectivity index is 1.82. The Bertz CT molecular complexity index is 867. The average Bonchev–Trinajstić information content (AvgIpc) is 3.07. The molecule has 9 heteroatoms. The number of phenolic OH excluding ortho intramolecular Hbond substituents is 1. The van der Waals surface area contributed by atoms with Gasteiger partial charge in [-0.1, -0.05) is 43.7 Å². The van der Waals surface area contributed by atoms with Crippen LogP contribution in [0.2, 0.25) is 5.02 Å². The van der Waals surface area contributed by atoms with Gasteiger partial charge in [0.25, 0.3) is 0 Å². The van der Waals surface area contributed by atoms with E-state index in [1.807, 2.05) is 6.08 Å². The lowest BCUT2D eigenvalue weighted by Crippen LogP contribution is -2.55. The fourth-order valence-electron chi connectivity index (χ4n) is 3.80. The molecule has 1 aromatic rings. The number of nitrogens with one attached hydrogen (secondary N) is 2. The molecule has 0 bridgehead atoms. The van der Waals surface area contributed by atoms with Crippen molar-refractivity contribution in [1.29, 1.82) is 0 Å². The van der Waals surface area contributed by atoms with Crippen molar-refractivity contribution in [3.05, 3.63) is 52.7 Å². The van der Waals surface area contributed by atoms with Crippen LogP contribution in [0.5, 0.6) is 5.75 Å². The number of allylic oxidation sites excluding steroid dienone is 2. The zero-order valence-electron chi connectivity index (χ0n) is 16.0. The van der Waals surface area contributed by atoms with Crippen LogP contribution in [-0.4, -0.2) is 40.8 Å². The molecule has 0 amide bonds. The fourth-order valence-corrected chi connectivity index (χ4v) is 3.97. The van der Waals surface area contributed by atoms with Crippen LogP contribution in [0.15, 0.2) is 47.2 Å². The number of hydrogen-bond acceptors (Lipinski definition) is 5. The molecule has 0 aromatic heterocycles. The van der Waals surface area contributed by atoms with Gasteiger partial charge < -0.3 is 21.0 Å². The van der Waals surface area contributed by atoms with E-state index in [0.717, 1.165) is 0 Å². The van der Waals surface area contributed by atoms with E-state index in [1.165, 1.54) is 18.2 Å². The molecule has 1 heterocycles. The molecule has 0 radical (unpaired) electrons. The number of benzene rings is 1. The molecule has 158 valence electrons. The minimum Gasteiger partial charge on any atom is -0.508 e. The second-order valence-corrected chi connectivity index (χ2v) is 8.51. The van der Waals surface area contributed by atoms with Gasteiger partial charge in [-0.2, -0.15) is 18.3 Å². The minimum absolute atomic E-state index is 0.121. The number of phenols is 1. The van der Waals surface area contributed by atoms with Gasteiger partial charge >= 0.3 is 6.18 Å². The van der Waals surface area contributed by atoms with Gasteiger partial charge in [0.1, 0.15) is 5.75 Å². The molecule has 3 unspecified atom stereocenters. The van der Waals surface area contributed by atoms with Crippen molar-refractivity contribution >= 4 is 17.8 Å². The van der Waals surface area contributed by atoms with E-state index in [1.54, 1.807) is 32.2 Å². The third-order valence-corrected chi connectivity index (χ3v) is 5.57. The first kappa shape index (κ1) is 21.5. The normalized spacial score (nSPS) is 23.2. The summed E-state index contributed by atoms with van der Waals surface area (Å²) in [6.07, 6.45) is 1.35. The summed E-state index contributed by atoms with van der Waals surface area (Å²) >= 11 is 5.83. The first-order chi connectivity index (χ1) is 13.4. The van der Waals surface area contributed by atoms with Gasteiger partial charge in [0, 0.05) is 16.9 Å². The molecular weight excluding hydrogens is 407 g/mol. The highest BCUT2D eigenvalue weighted by molar-refractivity contribution is 6.30. The van der Waals surface area contributed by atoms with E-state index in [9.17, 15) is 23.4 Å². The van der Waals surface area contributed by atoms with Crippen LogP contribution in [-0.2, 0) is 5.41 Å². The van der Waals surface area contributed by atoms with Crippen molar-refractivity contribution in [1.82, 2.24) is 10.7 Å². The van der Waals surface area contributed by atoms with E-state index < -0.39 is 30.2 Å². The molecular formula is C20H23ClF3N3O2. The summed E-state index contributed by atoms with van der Waals surface area (Å²) in [5.74, 6) is -0.429. The predicted octanol–water partition coefficient (Wildman–Crippen LogP) is 3.62. The smallest absolute Gasteiger partial charge is 0.418 e. The summed E-state index contributed by atoms with van der Waals surface area (Å²) in [4.78, 5) is 0. The van der Waals surface area contributed by atoms with E-state index in [0.29, 0.717) is 5.70 Å². The van der Waals surface area contributed by atoms with Crippen molar-refractivity contribution in [2.24, 2.45) is 11.0 Å². The van der Waals surface area contributed by atoms with Crippen molar-refractivity contribution < 1.29 is 23.4 Å². The van der Waals surface area contributed by atoms with Crippen molar-refractivity contribution in [3.63, 3.8) is 0 Å². The van der Waals surface area contributed by atoms with E-state index in [4.69, 9.17) is 11.6 Å².